The normalized spacial score (nSPS) is 13.4. The minimum atomic E-state index is -0.0118. The van der Waals surface area contributed by atoms with E-state index < -0.39 is 0 Å². The Morgan fingerprint density at radius 3 is 2.33 bits per heavy atom. The molecule has 1 heterocycles. The van der Waals surface area contributed by atoms with Crippen molar-refractivity contribution in [1.29, 1.82) is 0 Å². The molecule has 1 N–H and O–H groups in total. The maximum absolute atomic E-state index is 12.8. The van der Waals surface area contributed by atoms with Gasteiger partial charge in [-0.15, -0.1) is 0 Å². The van der Waals surface area contributed by atoms with Crippen LogP contribution in [0.5, 0.6) is 11.5 Å². The molecule has 0 radical (unpaired) electrons. The van der Waals surface area contributed by atoms with E-state index in [1.165, 1.54) is 11.1 Å². The van der Waals surface area contributed by atoms with Gasteiger partial charge in [0, 0.05) is 24.3 Å². The molecule has 0 fully saturated rings. The van der Waals surface area contributed by atoms with E-state index in [4.69, 9.17) is 9.47 Å². The first-order valence-corrected chi connectivity index (χ1v) is 10.1. The number of amides is 1. The SMILES string of the molecule is COc1cc2c(cc1OC)CN(CC(=O)Nc1ccccc1-c1ccccc1)CC2. The molecule has 30 heavy (non-hydrogen) atoms. The molecule has 0 atom stereocenters. The molecule has 0 aromatic heterocycles. The molecular formula is C25H26N2O3. The van der Waals surface area contributed by atoms with Gasteiger partial charge in [-0.2, -0.15) is 0 Å². The number of carbonyl (C=O) groups is 1. The van der Waals surface area contributed by atoms with Gasteiger partial charge in [0.1, 0.15) is 0 Å². The van der Waals surface area contributed by atoms with Crippen LogP contribution < -0.4 is 14.8 Å². The molecule has 4 rings (SSSR count). The number of ether oxygens (including phenoxy) is 2. The fraction of sp³-hybridized carbons (Fsp3) is 0.240. The van der Waals surface area contributed by atoms with Crippen molar-refractivity contribution >= 4 is 11.6 Å². The Bertz CT molecular complexity index is 1030. The Morgan fingerprint density at radius 1 is 0.933 bits per heavy atom. The number of para-hydroxylation sites is 1. The summed E-state index contributed by atoms with van der Waals surface area (Å²) in [5.41, 5.74) is 5.36. The number of methoxy groups -OCH3 is 2. The molecule has 0 bridgehead atoms. The minimum absolute atomic E-state index is 0.0118. The second-order valence-corrected chi connectivity index (χ2v) is 7.40. The quantitative estimate of drug-likeness (QED) is 0.665. The molecule has 5 heteroatoms. The molecule has 0 saturated carbocycles. The zero-order chi connectivity index (χ0) is 20.9. The fourth-order valence-corrected chi connectivity index (χ4v) is 3.93. The first-order valence-electron chi connectivity index (χ1n) is 10.1. The van der Waals surface area contributed by atoms with Gasteiger partial charge in [-0.3, -0.25) is 9.69 Å². The van der Waals surface area contributed by atoms with Crippen LogP contribution in [0.1, 0.15) is 11.1 Å². The molecule has 0 spiro atoms. The smallest absolute Gasteiger partial charge is 0.238 e. The largest absolute Gasteiger partial charge is 0.493 e. The lowest BCUT2D eigenvalue weighted by atomic mass is 9.98. The van der Waals surface area contributed by atoms with Crippen molar-refractivity contribution in [2.24, 2.45) is 0 Å². The first kappa shape index (κ1) is 20.0. The lowest BCUT2D eigenvalue weighted by Gasteiger charge is -2.29. The summed E-state index contributed by atoms with van der Waals surface area (Å²) in [4.78, 5) is 15.0. The molecule has 0 unspecified atom stereocenters. The highest BCUT2D eigenvalue weighted by Crippen LogP contribution is 2.33. The van der Waals surface area contributed by atoms with Gasteiger partial charge >= 0.3 is 0 Å². The molecule has 1 aliphatic rings. The van der Waals surface area contributed by atoms with Gasteiger partial charge in [0.15, 0.2) is 11.5 Å². The summed E-state index contributed by atoms with van der Waals surface area (Å²) in [6.45, 7) is 1.89. The van der Waals surface area contributed by atoms with E-state index in [0.29, 0.717) is 13.1 Å². The van der Waals surface area contributed by atoms with Gasteiger partial charge in [0.25, 0.3) is 0 Å². The second-order valence-electron chi connectivity index (χ2n) is 7.40. The van der Waals surface area contributed by atoms with Crippen molar-refractivity contribution in [1.82, 2.24) is 4.90 Å². The zero-order valence-electron chi connectivity index (χ0n) is 17.4. The molecular weight excluding hydrogens is 376 g/mol. The van der Waals surface area contributed by atoms with Crippen molar-refractivity contribution in [3.05, 3.63) is 77.9 Å². The lowest BCUT2D eigenvalue weighted by molar-refractivity contribution is -0.117. The number of fused-ring (bicyclic) bond motifs is 1. The highest BCUT2D eigenvalue weighted by molar-refractivity contribution is 5.96. The van der Waals surface area contributed by atoms with Crippen LogP contribution in [0.3, 0.4) is 0 Å². The summed E-state index contributed by atoms with van der Waals surface area (Å²) >= 11 is 0. The van der Waals surface area contributed by atoms with Crippen LogP contribution in [0.2, 0.25) is 0 Å². The summed E-state index contributed by atoms with van der Waals surface area (Å²) in [7, 11) is 3.29. The second kappa shape index (κ2) is 9.01. The van der Waals surface area contributed by atoms with E-state index in [0.717, 1.165) is 41.3 Å². The molecule has 0 aliphatic carbocycles. The molecule has 5 nitrogen and oxygen atoms in total. The average Bonchev–Trinajstić information content (AvgIpc) is 2.79. The number of hydrogen-bond donors (Lipinski definition) is 1. The topological polar surface area (TPSA) is 50.8 Å². The number of nitrogens with zero attached hydrogens (tertiary/aromatic N) is 1. The van der Waals surface area contributed by atoms with Gasteiger partial charge in [0.05, 0.1) is 20.8 Å². The number of carbonyl (C=O) groups excluding carboxylic acids is 1. The van der Waals surface area contributed by atoms with E-state index in [2.05, 4.69) is 10.2 Å². The predicted molar refractivity (Wildman–Crippen MR) is 119 cm³/mol. The molecule has 3 aromatic rings. The zero-order valence-corrected chi connectivity index (χ0v) is 17.4. The van der Waals surface area contributed by atoms with Gasteiger partial charge in [-0.25, -0.2) is 0 Å². The van der Waals surface area contributed by atoms with Crippen LogP contribution in [0.4, 0.5) is 5.69 Å². The van der Waals surface area contributed by atoms with Crippen LogP contribution in [-0.2, 0) is 17.8 Å². The Morgan fingerprint density at radius 2 is 1.60 bits per heavy atom. The standard InChI is InChI=1S/C25H26N2O3/c1-29-23-14-19-12-13-27(16-20(19)15-24(23)30-2)17-25(28)26-22-11-7-6-10-21(22)18-8-4-3-5-9-18/h3-11,14-15H,12-13,16-17H2,1-2H3,(H,26,28). The number of rotatable bonds is 6. The van der Waals surface area contributed by atoms with Crippen LogP contribution in [-0.4, -0.2) is 38.1 Å². The van der Waals surface area contributed by atoms with Crippen LogP contribution in [0.25, 0.3) is 11.1 Å². The maximum atomic E-state index is 12.8. The lowest BCUT2D eigenvalue weighted by Crippen LogP contribution is -2.37. The number of nitrogens with one attached hydrogen (secondary N) is 1. The van der Waals surface area contributed by atoms with Gasteiger partial charge < -0.3 is 14.8 Å². The van der Waals surface area contributed by atoms with Crippen LogP contribution in [0.15, 0.2) is 66.7 Å². The van der Waals surface area contributed by atoms with Gasteiger partial charge in [0.2, 0.25) is 5.91 Å². The van der Waals surface area contributed by atoms with Crippen molar-refractivity contribution < 1.29 is 14.3 Å². The molecule has 154 valence electrons. The third-order valence-electron chi connectivity index (χ3n) is 5.45. The van der Waals surface area contributed by atoms with Crippen molar-refractivity contribution in [3.63, 3.8) is 0 Å². The number of anilines is 1. The van der Waals surface area contributed by atoms with E-state index in [-0.39, 0.29) is 5.91 Å². The monoisotopic (exact) mass is 402 g/mol. The van der Waals surface area contributed by atoms with E-state index in [1.807, 2.05) is 66.7 Å². The summed E-state index contributed by atoms with van der Waals surface area (Å²) in [6.07, 6.45) is 0.879. The third-order valence-corrected chi connectivity index (χ3v) is 5.45. The Kier molecular flexibility index (Phi) is 6.00. The van der Waals surface area contributed by atoms with E-state index in [9.17, 15) is 4.79 Å². The minimum Gasteiger partial charge on any atom is -0.493 e. The molecule has 3 aromatic carbocycles. The first-order chi connectivity index (χ1) is 14.7. The Hall–Kier alpha value is -3.31. The fourth-order valence-electron chi connectivity index (χ4n) is 3.93. The van der Waals surface area contributed by atoms with Crippen molar-refractivity contribution in [3.8, 4) is 22.6 Å². The molecule has 1 aliphatic heterocycles. The predicted octanol–water partition coefficient (Wildman–Crippen LogP) is 4.37. The summed E-state index contributed by atoms with van der Waals surface area (Å²) in [5.74, 6) is 1.46. The Labute approximate surface area is 177 Å². The molecule has 1 amide bonds. The summed E-state index contributed by atoms with van der Waals surface area (Å²) in [5, 5.41) is 3.10. The molecule has 0 saturated heterocycles. The average molecular weight is 402 g/mol. The van der Waals surface area contributed by atoms with Crippen molar-refractivity contribution in [2.75, 3.05) is 32.6 Å². The number of benzene rings is 3. The van der Waals surface area contributed by atoms with E-state index in [1.54, 1.807) is 14.2 Å². The summed E-state index contributed by atoms with van der Waals surface area (Å²) < 4.78 is 10.8. The third kappa shape index (κ3) is 4.31. The highest BCUT2D eigenvalue weighted by atomic mass is 16.5. The van der Waals surface area contributed by atoms with Crippen LogP contribution >= 0.6 is 0 Å². The van der Waals surface area contributed by atoms with Gasteiger partial charge in [-0.05, 0) is 41.3 Å². The highest BCUT2D eigenvalue weighted by Gasteiger charge is 2.21. The van der Waals surface area contributed by atoms with Crippen LogP contribution in [0, 0.1) is 0 Å². The maximum Gasteiger partial charge on any atom is 0.238 e. The Balaban J connectivity index is 1.45. The van der Waals surface area contributed by atoms with Gasteiger partial charge in [-0.1, -0.05) is 48.5 Å². The van der Waals surface area contributed by atoms with Crippen molar-refractivity contribution in [2.45, 2.75) is 13.0 Å². The summed E-state index contributed by atoms with van der Waals surface area (Å²) in [6, 6.07) is 22.1. The number of hydrogen-bond acceptors (Lipinski definition) is 4. The van der Waals surface area contributed by atoms with E-state index >= 15 is 0 Å².